The molecule has 1 aliphatic rings. The third-order valence-electron chi connectivity index (χ3n) is 3.85. The zero-order chi connectivity index (χ0) is 15.6. The Kier molecular flexibility index (Phi) is 4.59. The molecule has 7 nitrogen and oxygen atoms in total. The van der Waals surface area contributed by atoms with E-state index in [9.17, 15) is 10.1 Å². The van der Waals surface area contributed by atoms with E-state index in [0.29, 0.717) is 23.5 Å². The quantitative estimate of drug-likeness (QED) is 0.678. The van der Waals surface area contributed by atoms with Gasteiger partial charge in [0, 0.05) is 7.05 Å². The summed E-state index contributed by atoms with van der Waals surface area (Å²) in [5.41, 5.74) is 0.172. The molecule has 1 saturated carbocycles. The largest absolute Gasteiger partial charge is 0.469 e. The summed E-state index contributed by atoms with van der Waals surface area (Å²) in [6.07, 6.45) is 2.95. The maximum atomic E-state index is 11.2. The molecular formula is C14H22N4O3. The van der Waals surface area contributed by atoms with Crippen LogP contribution < -0.4 is 10.1 Å². The van der Waals surface area contributed by atoms with Crippen LogP contribution in [0.3, 0.4) is 0 Å². The lowest BCUT2D eigenvalue weighted by Gasteiger charge is -2.31. The minimum absolute atomic E-state index is 0.0264. The molecule has 1 aromatic heterocycles. The predicted octanol–water partition coefficient (Wildman–Crippen LogP) is 2.94. The lowest BCUT2D eigenvalue weighted by atomic mass is 9.82. The maximum Gasteiger partial charge on any atom is 0.352 e. The van der Waals surface area contributed by atoms with E-state index in [0.717, 1.165) is 12.8 Å². The monoisotopic (exact) mass is 294 g/mol. The van der Waals surface area contributed by atoms with Gasteiger partial charge in [-0.1, -0.05) is 13.8 Å². The van der Waals surface area contributed by atoms with Gasteiger partial charge in [-0.3, -0.25) is 10.1 Å². The SMILES string of the molecule is CNc1nc(C)c([N+](=O)[O-])c(OC2CC(C)CC(C)C2)n1. The minimum atomic E-state index is -0.472. The van der Waals surface area contributed by atoms with Crippen LogP contribution in [0.2, 0.25) is 0 Å². The molecule has 1 fully saturated rings. The van der Waals surface area contributed by atoms with Gasteiger partial charge < -0.3 is 10.1 Å². The van der Waals surface area contributed by atoms with Crippen LogP contribution in [0.25, 0.3) is 0 Å². The number of nitrogens with one attached hydrogen (secondary N) is 1. The average Bonchev–Trinajstić information content (AvgIpc) is 2.36. The number of nitro groups is 1. The first kappa shape index (κ1) is 15.5. The molecule has 1 aromatic rings. The van der Waals surface area contributed by atoms with Crippen molar-refractivity contribution in [2.75, 3.05) is 12.4 Å². The summed E-state index contributed by atoms with van der Waals surface area (Å²) in [5.74, 6) is 1.53. The second-order valence-corrected chi connectivity index (χ2v) is 5.95. The maximum absolute atomic E-state index is 11.2. The van der Waals surface area contributed by atoms with Crippen LogP contribution in [-0.4, -0.2) is 28.0 Å². The van der Waals surface area contributed by atoms with E-state index in [2.05, 4.69) is 29.1 Å². The third kappa shape index (κ3) is 3.59. The first-order chi connectivity index (χ1) is 9.90. The number of aryl methyl sites for hydroxylation is 1. The smallest absolute Gasteiger partial charge is 0.352 e. The minimum Gasteiger partial charge on any atom is -0.469 e. The first-order valence-electron chi connectivity index (χ1n) is 7.28. The predicted molar refractivity (Wildman–Crippen MR) is 79.6 cm³/mol. The highest BCUT2D eigenvalue weighted by molar-refractivity contribution is 5.48. The van der Waals surface area contributed by atoms with E-state index < -0.39 is 4.92 Å². The Morgan fingerprint density at radius 3 is 2.38 bits per heavy atom. The number of hydrogen-bond donors (Lipinski definition) is 1. The van der Waals surface area contributed by atoms with Gasteiger partial charge in [0.25, 0.3) is 5.88 Å². The number of anilines is 1. The number of nitrogens with zero attached hydrogens (tertiary/aromatic N) is 3. The van der Waals surface area contributed by atoms with E-state index in [1.807, 2.05) is 0 Å². The van der Waals surface area contributed by atoms with Crippen LogP contribution >= 0.6 is 0 Å². The van der Waals surface area contributed by atoms with Crippen LogP contribution in [0.5, 0.6) is 5.88 Å². The summed E-state index contributed by atoms with van der Waals surface area (Å²) < 4.78 is 5.88. The summed E-state index contributed by atoms with van der Waals surface area (Å²) in [6.45, 7) is 5.97. The van der Waals surface area contributed by atoms with Gasteiger partial charge in [-0.15, -0.1) is 0 Å². The van der Waals surface area contributed by atoms with Crippen LogP contribution in [0.4, 0.5) is 11.6 Å². The molecule has 0 radical (unpaired) electrons. The normalized spacial score (nSPS) is 25.4. The molecule has 1 heterocycles. The van der Waals surface area contributed by atoms with Crippen molar-refractivity contribution < 1.29 is 9.66 Å². The van der Waals surface area contributed by atoms with Crippen molar-refractivity contribution in [2.24, 2.45) is 11.8 Å². The van der Waals surface area contributed by atoms with Crippen molar-refractivity contribution in [2.45, 2.75) is 46.1 Å². The standard InChI is InChI=1S/C14H22N4O3/c1-8-5-9(2)7-11(6-8)21-13-12(18(19)20)10(3)16-14(15-4)17-13/h8-9,11H,5-7H2,1-4H3,(H,15,16,17). The van der Waals surface area contributed by atoms with Gasteiger partial charge in [-0.2, -0.15) is 4.98 Å². The molecule has 0 aromatic carbocycles. The zero-order valence-corrected chi connectivity index (χ0v) is 12.9. The molecule has 1 aliphatic carbocycles. The molecule has 21 heavy (non-hydrogen) atoms. The number of rotatable bonds is 4. The molecule has 0 spiro atoms. The fourth-order valence-corrected chi connectivity index (χ4v) is 3.07. The van der Waals surface area contributed by atoms with Crippen molar-refractivity contribution in [3.8, 4) is 5.88 Å². The van der Waals surface area contributed by atoms with Crippen LogP contribution in [0.1, 0.15) is 38.8 Å². The zero-order valence-electron chi connectivity index (χ0n) is 12.9. The molecule has 116 valence electrons. The highest BCUT2D eigenvalue weighted by atomic mass is 16.6. The third-order valence-corrected chi connectivity index (χ3v) is 3.85. The second kappa shape index (κ2) is 6.24. The Morgan fingerprint density at radius 2 is 1.86 bits per heavy atom. The molecule has 1 N–H and O–H groups in total. The van der Waals surface area contributed by atoms with E-state index >= 15 is 0 Å². The van der Waals surface area contributed by atoms with Gasteiger partial charge in [-0.25, -0.2) is 4.98 Å². The van der Waals surface area contributed by atoms with Gasteiger partial charge in [0.1, 0.15) is 11.8 Å². The Bertz CT molecular complexity index is 525. The molecule has 0 bridgehead atoms. The topological polar surface area (TPSA) is 90.2 Å². The number of ether oxygens (including phenoxy) is 1. The van der Waals surface area contributed by atoms with Gasteiger partial charge in [0.05, 0.1) is 4.92 Å². The second-order valence-electron chi connectivity index (χ2n) is 5.95. The average molecular weight is 294 g/mol. The molecule has 2 rings (SSSR count). The van der Waals surface area contributed by atoms with Crippen molar-refractivity contribution in [3.63, 3.8) is 0 Å². The summed E-state index contributed by atoms with van der Waals surface area (Å²) >= 11 is 0. The van der Waals surface area contributed by atoms with E-state index in [-0.39, 0.29) is 17.7 Å². The molecular weight excluding hydrogens is 272 g/mol. The first-order valence-corrected chi connectivity index (χ1v) is 7.28. The van der Waals surface area contributed by atoms with E-state index in [1.165, 1.54) is 6.42 Å². The lowest BCUT2D eigenvalue weighted by Crippen LogP contribution is -2.29. The molecule has 0 amide bonds. The van der Waals surface area contributed by atoms with Crippen molar-refractivity contribution in [1.29, 1.82) is 0 Å². The lowest BCUT2D eigenvalue weighted by molar-refractivity contribution is -0.387. The van der Waals surface area contributed by atoms with E-state index in [1.54, 1.807) is 14.0 Å². The summed E-state index contributed by atoms with van der Waals surface area (Å²) in [4.78, 5) is 18.9. The van der Waals surface area contributed by atoms with Gasteiger partial charge in [0.2, 0.25) is 5.95 Å². The number of aromatic nitrogens is 2. The molecule has 7 heteroatoms. The Balaban J connectivity index is 2.29. The number of hydrogen-bond acceptors (Lipinski definition) is 6. The highest BCUT2D eigenvalue weighted by Crippen LogP contribution is 2.35. The van der Waals surface area contributed by atoms with Gasteiger partial charge in [0.15, 0.2) is 0 Å². The Morgan fingerprint density at radius 1 is 1.24 bits per heavy atom. The van der Waals surface area contributed by atoms with Crippen LogP contribution in [0.15, 0.2) is 0 Å². The van der Waals surface area contributed by atoms with E-state index in [4.69, 9.17) is 4.74 Å². The fourth-order valence-electron chi connectivity index (χ4n) is 3.07. The van der Waals surface area contributed by atoms with Crippen molar-refractivity contribution >= 4 is 11.6 Å². The van der Waals surface area contributed by atoms with Crippen molar-refractivity contribution in [1.82, 2.24) is 9.97 Å². The van der Waals surface area contributed by atoms with Gasteiger partial charge >= 0.3 is 5.69 Å². The molecule has 0 saturated heterocycles. The highest BCUT2D eigenvalue weighted by Gasteiger charge is 2.30. The summed E-state index contributed by atoms with van der Waals surface area (Å²) in [6, 6.07) is 0. The van der Waals surface area contributed by atoms with Gasteiger partial charge in [-0.05, 0) is 38.0 Å². The van der Waals surface area contributed by atoms with Crippen LogP contribution in [-0.2, 0) is 0 Å². The van der Waals surface area contributed by atoms with Crippen molar-refractivity contribution in [3.05, 3.63) is 15.8 Å². The fraction of sp³-hybridized carbons (Fsp3) is 0.714. The Labute approximate surface area is 124 Å². The van der Waals surface area contributed by atoms with Crippen LogP contribution in [0, 0.1) is 28.9 Å². The summed E-state index contributed by atoms with van der Waals surface area (Å²) in [5, 5.41) is 14.0. The molecule has 0 aliphatic heterocycles. The Hall–Kier alpha value is -1.92. The molecule has 2 atom stereocenters. The summed E-state index contributed by atoms with van der Waals surface area (Å²) in [7, 11) is 1.68. The molecule has 2 unspecified atom stereocenters.